The molecule has 2 aliphatic rings. The SMILES string of the molecule is Cc1ccc(-c2cnc3c(c2)C2(COCC(N)=N2)c2cc(-c4cccnc4F)ccc2O3)cc1. The minimum atomic E-state index is -0.965. The van der Waals surface area contributed by atoms with Gasteiger partial charge in [0.1, 0.15) is 23.7 Å². The van der Waals surface area contributed by atoms with Crippen molar-refractivity contribution >= 4 is 5.84 Å². The second kappa shape index (κ2) is 7.74. The maximum Gasteiger partial charge on any atom is 0.225 e. The van der Waals surface area contributed by atoms with Crippen molar-refractivity contribution in [2.75, 3.05) is 13.2 Å². The quantitative estimate of drug-likeness (QED) is 0.433. The van der Waals surface area contributed by atoms with Crippen molar-refractivity contribution in [2.45, 2.75) is 12.5 Å². The number of benzene rings is 2. The first-order valence-electron chi connectivity index (χ1n) is 11.0. The van der Waals surface area contributed by atoms with E-state index in [4.69, 9.17) is 20.2 Å². The summed E-state index contributed by atoms with van der Waals surface area (Å²) in [5.74, 6) is 0.868. The van der Waals surface area contributed by atoms with Gasteiger partial charge >= 0.3 is 0 Å². The highest BCUT2D eigenvalue weighted by molar-refractivity contribution is 5.84. The zero-order chi connectivity index (χ0) is 23.3. The fourth-order valence-corrected chi connectivity index (χ4v) is 4.58. The van der Waals surface area contributed by atoms with Gasteiger partial charge in [0.05, 0.1) is 6.61 Å². The van der Waals surface area contributed by atoms with Gasteiger partial charge in [-0.1, -0.05) is 35.9 Å². The Morgan fingerprint density at radius 2 is 1.74 bits per heavy atom. The van der Waals surface area contributed by atoms with E-state index in [-0.39, 0.29) is 13.2 Å². The van der Waals surface area contributed by atoms with Crippen LogP contribution in [0.1, 0.15) is 16.7 Å². The van der Waals surface area contributed by atoms with E-state index in [1.54, 1.807) is 30.5 Å². The van der Waals surface area contributed by atoms with Gasteiger partial charge in [-0.15, -0.1) is 0 Å². The Bertz CT molecular complexity index is 1450. The maximum absolute atomic E-state index is 14.5. The topological polar surface area (TPSA) is 82.6 Å². The molecule has 6 nitrogen and oxygen atoms in total. The van der Waals surface area contributed by atoms with Gasteiger partial charge in [-0.3, -0.25) is 4.99 Å². The third-order valence-electron chi connectivity index (χ3n) is 6.28. The average Bonchev–Trinajstić information content (AvgIpc) is 2.85. The molecule has 2 aromatic carbocycles. The summed E-state index contributed by atoms with van der Waals surface area (Å²) in [5, 5.41) is 0. The van der Waals surface area contributed by atoms with Crippen LogP contribution in [0.5, 0.6) is 11.6 Å². The van der Waals surface area contributed by atoms with Gasteiger partial charge < -0.3 is 15.2 Å². The first kappa shape index (κ1) is 20.5. The molecule has 0 fully saturated rings. The number of hydrogen-bond acceptors (Lipinski definition) is 6. The molecule has 2 aromatic heterocycles. The number of hydrogen-bond donors (Lipinski definition) is 1. The van der Waals surface area contributed by atoms with E-state index < -0.39 is 11.5 Å². The molecule has 7 heteroatoms. The van der Waals surface area contributed by atoms with Crippen molar-refractivity contribution in [1.82, 2.24) is 9.97 Å². The molecule has 2 N–H and O–H groups in total. The number of aromatic nitrogens is 2. The number of aryl methyl sites for hydroxylation is 1. The number of ether oxygens (including phenoxy) is 2. The lowest BCUT2D eigenvalue weighted by Gasteiger charge is -2.39. The number of aliphatic imine (C=N–C) groups is 1. The molecule has 1 unspecified atom stereocenters. The molecule has 34 heavy (non-hydrogen) atoms. The van der Waals surface area contributed by atoms with Gasteiger partial charge in [0.15, 0.2) is 0 Å². The van der Waals surface area contributed by atoms with Crippen molar-refractivity contribution in [3.05, 3.63) is 95.7 Å². The Kier molecular flexibility index (Phi) is 4.67. The van der Waals surface area contributed by atoms with Gasteiger partial charge in [-0.25, -0.2) is 9.97 Å². The molecular formula is C27H21FN4O2. The van der Waals surface area contributed by atoms with Crippen molar-refractivity contribution in [3.8, 4) is 33.9 Å². The second-order valence-electron chi connectivity index (χ2n) is 8.55. The van der Waals surface area contributed by atoms with Crippen molar-refractivity contribution in [2.24, 2.45) is 10.7 Å². The average molecular weight is 452 g/mol. The Labute approximate surface area is 195 Å². The molecule has 0 saturated carbocycles. The molecule has 0 saturated heterocycles. The second-order valence-corrected chi connectivity index (χ2v) is 8.55. The number of halogens is 1. The zero-order valence-corrected chi connectivity index (χ0v) is 18.5. The van der Waals surface area contributed by atoms with Crippen LogP contribution in [-0.4, -0.2) is 29.0 Å². The van der Waals surface area contributed by atoms with Gasteiger partial charge in [0.2, 0.25) is 11.8 Å². The highest BCUT2D eigenvalue weighted by Crippen LogP contribution is 2.51. The van der Waals surface area contributed by atoms with Crippen LogP contribution in [0, 0.1) is 12.9 Å². The van der Waals surface area contributed by atoms with E-state index in [1.807, 2.05) is 19.1 Å². The predicted octanol–water partition coefficient (Wildman–Crippen LogP) is 4.99. The fourth-order valence-electron chi connectivity index (χ4n) is 4.58. The van der Waals surface area contributed by atoms with Crippen LogP contribution in [0.15, 0.2) is 78.0 Å². The lowest BCUT2D eigenvalue weighted by atomic mass is 9.80. The minimum Gasteiger partial charge on any atom is -0.438 e. The Hall–Kier alpha value is -4.10. The summed E-state index contributed by atoms with van der Waals surface area (Å²) < 4.78 is 26.6. The largest absolute Gasteiger partial charge is 0.438 e. The van der Waals surface area contributed by atoms with Crippen LogP contribution in [-0.2, 0) is 10.3 Å². The molecule has 168 valence electrons. The summed E-state index contributed by atoms with van der Waals surface area (Å²) in [4.78, 5) is 13.3. The van der Waals surface area contributed by atoms with E-state index in [2.05, 4.69) is 34.2 Å². The van der Waals surface area contributed by atoms with Crippen molar-refractivity contribution in [1.29, 1.82) is 0 Å². The molecule has 0 bridgehead atoms. The lowest BCUT2D eigenvalue weighted by Crippen LogP contribution is -2.42. The highest BCUT2D eigenvalue weighted by Gasteiger charge is 2.45. The number of nitrogens with zero attached hydrogens (tertiary/aromatic N) is 3. The van der Waals surface area contributed by atoms with Gasteiger partial charge in [0.25, 0.3) is 0 Å². The van der Waals surface area contributed by atoms with Gasteiger partial charge in [-0.2, -0.15) is 4.39 Å². The summed E-state index contributed by atoms with van der Waals surface area (Å²) in [6.07, 6.45) is 3.22. The fraction of sp³-hybridized carbons (Fsp3) is 0.148. The van der Waals surface area contributed by atoms with Crippen LogP contribution in [0.4, 0.5) is 4.39 Å². The minimum absolute atomic E-state index is 0.245. The monoisotopic (exact) mass is 452 g/mol. The first-order valence-corrected chi connectivity index (χ1v) is 11.0. The first-order chi connectivity index (χ1) is 16.5. The Morgan fingerprint density at radius 1 is 0.941 bits per heavy atom. The van der Waals surface area contributed by atoms with E-state index in [0.29, 0.717) is 28.6 Å². The standard InChI is InChI=1S/C27H21FN4O2/c1-16-4-6-17(7-5-16)19-12-22-26(31-13-19)34-23-9-8-18(20-3-2-10-30-25(20)28)11-21(23)27(22)15-33-14-24(29)32-27/h2-13H,14-15H2,1H3,(H2,29,32). The molecule has 6 rings (SSSR count). The smallest absolute Gasteiger partial charge is 0.225 e. The lowest BCUT2D eigenvalue weighted by molar-refractivity contribution is 0.109. The molecule has 2 aliphatic heterocycles. The number of pyridine rings is 2. The maximum atomic E-state index is 14.5. The van der Waals surface area contributed by atoms with Crippen LogP contribution < -0.4 is 10.5 Å². The molecule has 0 radical (unpaired) electrons. The van der Waals surface area contributed by atoms with Crippen LogP contribution in [0.2, 0.25) is 0 Å². The molecular weight excluding hydrogens is 431 g/mol. The number of rotatable bonds is 2. The summed E-state index contributed by atoms with van der Waals surface area (Å²) in [6.45, 7) is 2.55. The van der Waals surface area contributed by atoms with Crippen LogP contribution in [0.3, 0.4) is 0 Å². The van der Waals surface area contributed by atoms with E-state index >= 15 is 0 Å². The third-order valence-corrected chi connectivity index (χ3v) is 6.28. The summed E-state index contributed by atoms with van der Waals surface area (Å²) in [5.41, 5.74) is 10.9. The van der Waals surface area contributed by atoms with E-state index in [1.165, 1.54) is 11.8 Å². The van der Waals surface area contributed by atoms with Crippen molar-refractivity contribution < 1.29 is 13.9 Å². The number of fused-ring (bicyclic) bond motifs is 4. The molecule has 0 aliphatic carbocycles. The Balaban J connectivity index is 1.57. The highest BCUT2D eigenvalue weighted by atomic mass is 19.1. The molecule has 1 atom stereocenters. The number of nitrogens with two attached hydrogens (primary N) is 1. The normalized spacial score (nSPS) is 18.6. The summed E-state index contributed by atoms with van der Waals surface area (Å²) in [7, 11) is 0. The van der Waals surface area contributed by atoms with E-state index in [9.17, 15) is 4.39 Å². The van der Waals surface area contributed by atoms with Crippen molar-refractivity contribution in [3.63, 3.8) is 0 Å². The van der Waals surface area contributed by atoms with E-state index in [0.717, 1.165) is 22.3 Å². The summed E-state index contributed by atoms with van der Waals surface area (Å²) >= 11 is 0. The third kappa shape index (κ3) is 3.24. The Morgan fingerprint density at radius 3 is 2.53 bits per heavy atom. The van der Waals surface area contributed by atoms with Crippen LogP contribution in [0.25, 0.3) is 22.3 Å². The number of amidine groups is 1. The molecule has 0 amide bonds. The molecule has 1 spiro atoms. The van der Waals surface area contributed by atoms with Crippen LogP contribution >= 0.6 is 0 Å². The van der Waals surface area contributed by atoms with Gasteiger partial charge in [0, 0.05) is 34.6 Å². The zero-order valence-electron chi connectivity index (χ0n) is 18.5. The van der Waals surface area contributed by atoms with Gasteiger partial charge in [-0.05, 0) is 48.4 Å². The molecule has 4 heterocycles. The summed E-state index contributed by atoms with van der Waals surface area (Å²) in [6, 6.07) is 19.1. The molecule has 4 aromatic rings. The predicted molar refractivity (Wildman–Crippen MR) is 127 cm³/mol.